The molecule has 0 aliphatic carbocycles. The zero-order chi connectivity index (χ0) is 19.5. The van der Waals surface area contributed by atoms with Gasteiger partial charge in [0.15, 0.2) is 18.1 Å². The number of nitrogens with one attached hydrogen (secondary N) is 2. The molecule has 2 amide bonds. The molecule has 0 atom stereocenters. The van der Waals surface area contributed by atoms with Gasteiger partial charge in [0.1, 0.15) is 0 Å². The molecule has 0 heterocycles. The van der Waals surface area contributed by atoms with Crippen LogP contribution < -0.4 is 20.2 Å². The molecule has 0 saturated heterocycles. The van der Waals surface area contributed by atoms with Crippen molar-refractivity contribution in [2.45, 2.75) is 6.92 Å². The lowest BCUT2D eigenvalue weighted by Gasteiger charge is -2.12. The van der Waals surface area contributed by atoms with Crippen molar-refractivity contribution in [3.63, 3.8) is 0 Å². The molecule has 8 heteroatoms. The molecule has 2 rings (SSSR count). The SMILES string of the molecule is CCOc1cc(/C=N\NC(=O)OC)ccc1OCC(=O)Nc1ccccc1. The maximum atomic E-state index is 12.0. The van der Waals surface area contributed by atoms with Crippen molar-refractivity contribution >= 4 is 23.9 Å². The van der Waals surface area contributed by atoms with E-state index in [-0.39, 0.29) is 12.5 Å². The highest BCUT2D eigenvalue weighted by Crippen LogP contribution is 2.28. The molecule has 0 aliphatic heterocycles. The highest BCUT2D eigenvalue weighted by atomic mass is 16.5. The van der Waals surface area contributed by atoms with Crippen LogP contribution in [0.4, 0.5) is 10.5 Å². The fourth-order valence-electron chi connectivity index (χ4n) is 2.06. The average Bonchev–Trinajstić information content (AvgIpc) is 2.68. The highest BCUT2D eigenvalue weighted by Gasteiger charge is 2.09. The number of anilines is 1. The van der Waals surface area contributed by atoms with Crippen LogP contribution in [0.25, 0.3) is 0 Å². The van der Waals surface area contributed by atoms with Gasteiger partial charge in [0.25, 0.3) is 5.91 Å². The average molecular weight is 371 g/mol. The van der Waals surface area contributed by atoms with Crippen molar-refractivity contribution < 1.29 is 23.8 Å². The Morgan fingerprint density at radius 1 is 1.07 bits per heavy atom. The molecule has 0 spiro atoms. The van der Waals surface area contributed by atoms with Crippen molar-refractivity contribution in [1.82, 2.24) is 5.43 Å². The Kier molecular flexibility index (Phi) is 7.65. The van der Waals surface area contributed by atoms with Crippen molar-refractivity contribution in [2.75, 3.05) is 25.6 Å². The van der Waals surface area contributed by atoms with Crippen LogP contribution in [0.15, 0.2) is 53.6 Å². The minimum atomic E-state index is -0.666. The topological polar surface area (TPSA) is 98.2 Å². The quantitative estimate of drug-likeness (QED) is 0.549. The zero-order valence-corrected chi connectivity index (χ0v) is 15.1. The maximum Gasteiger partial charge on any atom is 0.427 e. The first-order chi connectivity index (χ1) is 13.1. The number of hydrogen-bond acceptors (Lipinski definition) is 6. The summed E-state index contributed by atoms with van der Waals surface area (Å²) in [6.45, 7) is 2.10. The van der Waals surface area contributed by atoms with E-state index < -0.39 is 6.09 Å². The summed E-state index contributed by atoms with van der Waals surface area (Å²) >= 11 is 0. The van der Waals surface area contributed by atoms with Crippen LogP contribution >= 0.6 is 0 Å². The van der Waals surface area contributed by atoms with Gasteiger partial charge in [-0.25, -0.2) is 10.2 Å². The minimum Gasteiger partial charge on any atom is -0.490 e. The number of amides is 2. The first kappa shape index (κ1) is 19.8. The lowest BCUT2D eigenvalue weighted by atomic mass is 10.2. The number of carbonyl (C=O) groups is 2. The van der Waals surface area contributed by atoms with Gasteiger partial charge in [-0.05, 0) is 42.8 Å². The van der Waals surface area contributed by atoms with E-state index in [0.29, 0.717) is 29.4 Å². The van der Waals surface area contributed by atoms with Gasteiger partial charge in [0, 0.05) is 5.69 Å². The third-order valence-corrected chi connectivity index (χ3v) is 3.24. The van der Waals surface area contributed by atoms with E-state index in [0.717, 1.165) is 0 Å². The summed E-state index contributed by atoms with van der Waals surface area (Å²) in [6.07, 6.45) is 0.770. The molecule has 0 aliphatic rings. The molecule has 0 fully saturated rings. The van der Waals surface area contributed by atoms with Crippen LogP contribution in [0.1, 0.15) is 12.5 Å². The molecule has 0 unspecified atom stereocenters. The molecule has 0 radical (unpaired) electrons. The summed E-state index contributed by atoms with van der Waals surface area (Å²) in [5.41, 5.74) is 3.57. The second-order valence-electron chi connectivity index (χ2n) is 5.20. The van der Waals surface area contributed by atoms with Gasteiger partial charge < -0.3 is 19.5 Å². The molecule has 142 valence electrons. The Bertz CT molecular complexity index is 793. The van der Waals surface area contributed by atoms with E-state index in [4.69, 9.17) is 9.47 Å². The lowest BCUT2D eigenvalue weighted by molar-refractivity contribution is -0.118. The first-order valence-corrected chi connectivity index (χ1v) is 8.24. The largest absolute Gasteiger partial charge is 0.490 e. The first-order valence-electron chi connectivity index (χ1n) is 8.24. The summed E-state index contributed by atoms with van der Waals surface area (Å²) in [5, 5.41) is 6.50. The Morgan fingerprint density at radius 3 is 2.56 bits per heavy atom. The number of methoxy groups -OCH3 is 1. The standard InChI is InChI=1S/C19H21N3O5/c1-3-26-17-11-14(12-20-22-19(24)25-2)9-10-16(17)27-13-18(23)21-15-7-5-4-6-8-15/h4-12H,3,13H2,1-2H3,(H,21,23)(H,22,24)/b20-12-. The number of rotatable bonds is 8. The van der Waals surface area contributed by atoms with Crippen LogP contribution in [0.3, 0.4) is 0 Å². The number of ether oxygens (including phenoxy) is 3. The lowest BCUT2D eigenvalue weighted by Crippen LogP contribution is -2.20. The van der Waals surface area contributed by atoms with Crippen LogP contribution in [0.5, 0.6) is 11.5 Å². The second-order valence-corrected chi connectivity index (χ2v) is 5.20. The van der Waals surface area contributed by atoms with Crippen LogP contribution in [-0.4, -0.2) is 38.5 Å². The second kappa shape index (κ2) is 10.4. The Labute approximate surface area is 157 Å². The summed E-state index contributed by atoms with van der Waals surface area (Å²) in [7, 11) is 1.25. The van der Waals surface area contributed by atoms with Crippen molar-refractivity contribution in [2.24, 2.45) is 5.10 Å². The van der Waals surface area contributed by atoms with Gasteiger partial charge in [-0.3, -0.25) is 4.79 Å². The zero-order valence-electron chi connectivity index (χ0n) is 15.1. The van der Waals surface area contributed by atoms with Crippen molar-refractivity contribution in [1.29, 1.82) is 0 Å². The monoisotopic (exact) mass is 371 g/mol. The molecule has 0 aromatic heterocycles. The number of para-hydroxylation sites is 1. The molecule has 0 bridgehead atoms. The summed E-state index contributed by atoms with van der Waals surface area (Å²) in [5.74, 6) is 0.613. The predicted octanol–water partition coefficient (Wildman–Crippen LogP) is 2.79. The third-order valence-electron chi connectivity index (χ3n) is 3.24. The number of hydrogen-bond donors (Lipinski definition) is 2. The molecular weight excluding hydrogens is 350 g/mol. The normalized spacial score (nSPS) is 10.3. The van der Waals surface area contributed by atoms with Crippen LogP contribution in [0, 0.1) is 0 Å². The van der Waals surface area contributed by atoms with Crippen LogP contribution in [0.2, 0.25) is 0 Å². The van der Waals surface area contributed by atoms with Gasteiger partial charge in [-0.1, -0.05) is 18.2 Å². The van der Waals surface area contributed by atoms with E-state index in [1.54, 1.807) is 30.3 Å². The molecule has 0 saturated carbocycles. The van der Waals surface area contributed by atoms with Gasteiger partial charge in [-0.15, -0.1) is 0 Å². The summed E-state index contributed by atoms with van der Waals surface area (Å²) in [4.78, 5) is 23.0. The maximum absolute atomic E-state index is 12.0. The number of hydrazone groups is 1. The molecule has 8 nitrogen and oxygen atoms in total. The molecule has 2 aromatic rings. The van der Waals surface area contributed by atoms with Crippen molar-refractivity contribution in [3.8, 4) is 11.5 Å². The van der Waals surface area contributed by atoms with Gasteiger partial charge in [0.05, 0.1) is 19.9 Å². The van der Waals surface area contributed by atoms with Crippen molar-refractivity contribution in [3.05, 3.63) is 54.1 Å². The summed E-state index contributed by atoms with van der Waals surface area (Å²) < 4.78 is 15.5. The fourth-order valence-corrected chi connectivity index (χ4v) is 2.06. The number of benzene rings is 2. The smallest absolute Gasteiger partial charge is 0.427 e. The van der Waals surface area contributed by atoms with E-state index in [9.17, 15) is 9.59 Å². The van der Waals surface area contributed by atoms with E-state index >= 15 is 0 Å². The van der Waals surface area contributed by atoms with E-state index in [1.165, 1.54) is 13.3 Å². The van der Waals surface area contributed by atoms with Crippen LogP contribution in [-0.2, 0) is 9.53 Å². The Hall–Kier alpha value is -3.55. The van der Waals surface area contributed by atoms with Gasteiger partial charge in [-0.2, -0.15) is 5.10 Å². The predicted molar refractivity (Wildman–Crippen MR) is 101 cm³/mol. The molecule has 2 N–H and O–H groups in total. The Morgan fingerprint density at radius 2 is 1.85 bits per heavy atom. The summed E-state index contributed by atoms with van der Waals surface area (Å²) in [6, 6.07) is 14.2. The molecular formula is C19H21N3O5. The third kappa shape index (κ3) is 6.69. The van der Waals surface area contributed by atoms with Gasteiger partial charge in [0.2, 0.25) is 0 Å². The highest BCUT2D eigenvalue weighted by molar-refractivity contribution is 5.91. The minimum absolute atomic E-state index is 0.160. The van der Waals surface area contributed by atoms with Gasteiger partial charge >= 0.3 is 6.09 Å². The Balaban J connectivity index is 1.98. The number of nitrogens with zero attached hydrogens (tertiary/aromatic N) is 1. The fraction of sp³-hybridized carbons (Fsp3) is 0.211. The molecule has 2 aromatic carbocycles. The molecule has 27 heavy (non-hydrogen) atoms. The van der Waals surface area contributed by atoms with E-state index in [2.05, 4.69) is 20.6 Å². The number of carbonyl (C=O) groups excluding carboxylic acids is 2. The van der Waals surface area contributed by atoms with E-state index in [1.807, 2.05) is 25.1 Å².